The second-order valence-electron chi connectivity index (χ2n) is 3.01. The first kappa shape index (κ1) is 11.8. The highest BCUT2D eigenvalue weighted by molar-refractivity contribution is 9.10. The first-order valence-electron chi connectivity index (χ1n) is 4.42. The summed E-state index contributed by atoms with van der Waals surface area (Å²) >= 11 is 6.27. The van der Waals surface area contributed by atoms with Gasteiger partial charge in [0.2, 0.25) is 0 Å². The molecule has 1 heterocycles. The summed E-state index contributed by atoms with van der Waals surface area (Å²) in [5.74, 6) is 0.788. The van der Waals surface area contributed by atoms with Crippen LogP contribution in [0.4, 0.5) is 0 Å². The van der Waals surface area contributed by atoms with Gasteiger partial charge in [0, 0.05) is 14.9 Å². The third-order valence-electron chi connectivity index (χ3n) is 1.81. The minimum atomic E-state index is 0.651. The highest BCUT2D eigenvalue weighted by Gasteiger charge is 2.05. The van der Waals surface area contributed by atoms with E-state index in [0.29, 0.717) is 5.56 Å². The Bertz CT molecular complexity index is 527. The predicted octanol–water partition coefficient (Wildman–Crippen LogP) is 3.57. The molecule has 0 spiro atoms. The van der Waals surface area contributed by atoms with Crippen LogP contribution in [0, 0.1) is 6.92 Å². The van der Waals surface area contributed by atoms with Gasteiger partial charge >= 0.3 is 0 Å². The molecular formula is C10H7BrN2OS2. The normalized spacial score (nSPS) is 10.4. The summed E-state index contributed by atoms with van der Waals surface area (Å²) in [7, 11) is 0. The molecule has 6 heteroatoms. The smallest absolute Gasteiger partial charge is 0.174 e. The Hall–Kier alpha value is -0.720. The SMILES string of the molecule is Cc1nsc(Sc2ccc(C=O)c(Br)c2)n1. The minimum absolute atomic E-state index is 0.651. The molecule has 0 saturated heterocycles. The van der Waals surface area contributed by atoms with Crippen molar-refractivity contribution >= 4 is 45.5 Å². The highest BCUT2D eigenvalue weighted by atomic mass is 79.9. The third-order valence-corrected chi connectivity index (χ3v) is 4.33. The standard InChI is InChI=1S/C10H7BrN2OS2/c1-6-12-10(16-13-6)15-8-3-2-7(5-14)9(11)4-8/h2-5H,1H3. The van der Waals surface area contributed by atoms with Gasteiger partial charge in [-0.15, -0.1) is 0 Å². The van der Waals surface area contributed by atoms with Crippen LogP contribution in [0.3, 0.4) is 0 Å². The largest absolute Gasteiger partial charge is 0.298 e. The van der Waals surface area contributed by atoms with Gasteiger partial charge in [-0.05, 0) is 36.7 Å². The van der Waals surface area contributed by atoms with Crippen molar-refractivity contribution in [2.24, 2.45) is 0 Å². The Labute approximate surface area is 110 Å². The molecule has 1 aromatic carbocycles. The lowest BCUT2D eigenvalue weighted by atomic mass is 10.2. The van der Waals surface area contributed by atoms with Crippen LogP contribution >= 0.6 is 39.2 Å². The van der Waals surface area contributed by atoms with Crippen molar-refractivity contribution in [3.8, 4) is 0 Å². The molecule has 0 amide bonds. The molecule has 0 saturated carbocycles. The van der Waals surface area contributed by atoms with Crippen molar-refractivity contribution in [3.05, 3.63) is 34.1 Å². The molecule has 2 rings (SSSR count). The monoisotopic (exact) mass is 314 g/mol. The fourth-order valence-electron chi connectivity index (χ4n) is 1.09. The Morgan fingerprint density at radius 1 is 1.50 bits per heavy atom. The Morgan fingerprint density at radius 2 is 2.31 bits per heavy atom. The Morgan fingerprint density at radius 3 is 2.88 bits per heavy atom. The molecule has 1 aromatic heterocycles. The van der Waals surface area contributed by atoms with E-state index < -0.39 is 0 Å². The average molecular weight is 315 g/mol. The molecule has 16 heavy (non-hydrogen) atoms. The zero-order valence-corrected chi connectivity index (χ0v) is 11.5. The van der Waals surface area contributed by atoms with Crippen molar-refractivity contribution in [1.29, 1.82) is 0 Å². The molecular weight excluding hydrogens is 308 g/mol. The molecule has 3 nitrogen and oxygen atoms in total. The van der Waals surface area contributed by atoms with Crippen LogP contribution in [0.5, 0.6) is 0 Å². The van der Waals surface area contributed by atoms with E-state index in [-0.39, 0.29) is 0 Å². The van der Waals surface area contributed by atoms with E-state index in [1.54, 1.807) is 17.8 Å². The molecule has 0 aliphatic heterocycles. The van der Waals surface area contributed by atoms with E-state index in [1.807, 2.05) is 19.1 Å². The number of aromatic nitrogens is 2. The van der Waals surface area contributed by atoms with Gasteiger partial charge in [0.1, 0.15) is 5.82 Å². The summed E-state index contributed by atoms with van der Waals surface area (Å²) < 4.78 is 5.82. The molecule has 0 radical (unpaired) electrons. The lowest BCUT2D eigenvalue weighted by Gasteiger charge is -2.00. The number of halogens is 1. The van der Waals surface area contributed by atoms with Crippen molar-refractivity contribution in [3.63, 3.8) is 0 Å². The predicted molar refractivity (Wildman–Crippen MR) is 68.3 cm³/mol. The second-order valence-corrected chi connectivity index (χ2v) is 5.94. The minimum Gasteiger partial charge on any atom is -0.298 e. The Balaban J connectivity index is 2.22. The summed E-state index contributed by atoms with van der Waals surface area (Å²) in [5.41, 5.74) is 0.651. The molecule has 0 unspecified atom stereocenters. The number of aldehydes is 1. The number of hydrogen-bond donors (Lipinski definition) is 0. The molecule has 0 aliphatic carbocycles. The zero-order chi connectivity index (χ0) is 11.5. The van der Waals surface area contributed by atoms with Crippen LogP contribution in [0.25, 0.3) is 0 Å². The molecule has 82 valence electrons. The summed E-state index contributed by atoms with van der Waals surface area (Å²) in [4.78, 5) is 15.9. The number of carbonyl (C=O) groups is 1. The van der Waals surface area contributed by atoms with E-state index in [4.69, 9.17) is 0 Å². The molecule has 0 N–H and O–H groups in total. The summed E-state index contributed by atoms with van der Waals surface area (Å²) in [6.07, 6.45) is 0.827. The van der Waals surface area contributed by atoms with Crippen LogP contribution in [0.1, 0.15) is 16.2 Å². The molecule has 2 aromatic rings. The van der Waals surface area contributed by atoms with E-state index in [1.165, 1.54) is 11.5 Å². The van der Waals surface area contributed by atoms with Gasteiger partial charge < -0.3 is 0 Å². The maximum Gasteiger partial charge on any atom is 0.174 e. The van der Waals surface area contributed by atoms with Gasteiger partial charge in [-0.25, -0.2) is 4.98 Å². The second kappa shape index (κ2) is 5.07. The van der Waals surface area contributed by atoms with Gasteiger partial charge in [0.25, 0.3) is 0 Å². The van der Waals surface area contributed by atoms with Crippen LogP contribution in [0.2, 0.25) is 0 Å². The topological polar surface area (TPSA) is 42.9 Å². The highest BCUT2D eigenvalue weighted by Crippen LogP contribution is 2.31. The van der Waals surface area contributed by atoms with E-state index in [0.717, 1.165) is 25.8 Å². The summed E-state index contributed by atoms with van der Waals surface area (Å²) in [6.45, 7) is 1.87. The lowest BCUT2D eigenvalue weighted by Crippen LogP contribution is -1.82. The van der Waals surface area contributed by atoms with Crippen molar-refractivity contribution in [2.45, 2.75) is 16.2 Å². The average Bonchev–Trinajstić information content (AvgIpc) is 2.64. The quantitative estimate of drug-likeness (QED) is 0.812. The third kappa shape index (κ3) is 2.69. The number of rotatable bonds is 3. The van der Waals surface area contributed by atoms with Crippen LogP contribution in [-0.2, 0) is 0 Å². The zero-order valence-electron chi connectivity index (χ0n) is 8.31. The van der Waals surface area contributed by atoms with Crippen molar-refractivity contribution < 1.29 is 4.79 Å². The molecule has 0 fully saturated rings. The number of aryl methyl sites for hydroxylation is 1. The van der Waals surface area contributed by atoms with E-state index >= 15 is 0 Å². The first-order chi connectivity index (χ1) is 7.69. The molecule has 0 atom stereocenters. The number of carbonyl (C=O) groups excluding carboxylic acids is 1. The lowest BCUT2D eigenvalue weighted by molar-refractivity contribution is 0.112. The Kier molecular flexibility index (Phi) is 3.73. The number of hydrogen-bond acceptors (Lipinski definition) is 5. The van der Waals surface area contributed by atoms with E-state index in [9.17, 15) is 4.79 Å². The first-order valence-corrected chi connectivity index (χ1v) is 6.80. The molecule has 0 bridgehead atoms. The number of benzene rings is 1. The fourth-order valence-corrected chi connectivity index (χ4v) is 3.38. The van der Waals surface area contributed by atoms with Gasteiger partial charge in [0.05, 0.1) is 0 Å². The van der Waals surface area contributed by atoms with Gasteiger partial charge in [-0.2, -0.15) is 4.37 Å². The van der Waals surface area contributed by atoms with Gasteiger partial charge in [-0.1, -0.05) is 27.7 Å². The van der Waals surface area contributed by atoms with Crippen LogP contribution < -0.4 is 0 Å². The van der Waals surface area contributed by atoms with Gasteiger partial charge in [-0.3, -0.25) is 4.79 Å². The van der Waals surface area contributed by atoms with Crippen molar-refractivity contribution in [2.75, 3.05) is 0 Å². The maximum atomic E-state index is 10.6. The maximum absolute atomic E-state index is 10.6. The van der Waals surface area contributed by atoms with Crippen molar-refractivity contribution in [1.82, 2.24) is 9.36 Å². The number of nitrogens with zero attached hydrogens (tertiary/aromatic N) is 2. The van der Waals surface area contributed by atoms with E-state index in [2.05, 4.69) is 25.3 Å². The summed E-state index contributed by atoms with van der Waals surface area (Å²) in [6, 6.07) is 5.59. The molecule has 0 aliphatic rings. The fraction of sp³-hybridized carbons (Fsp3) is 0.100. The van der Waals surface area contributed by atoms with Gasteiger partial charge in [0.15, 0.2) is 10.6 Å². The summed E-state index contributed by atoms with van der Waals surface area (Å²) in [5, 5.41) is 0. The van der Waals surface area contributed by atoms with Crippen LogP contribution in [0.15, 0.2) is 31.9 Å². The van der Waals surface area contributed by atoms with Crippen LogP contribution in [-0.4, -0.2) is 15.6 Å².